The van der Waals surface area contributed by atoms with Gasteiger partial charge in [0.15, 0.2) is 0 Å². The van der Waals surface area contributed by atoms with E-state index >= 15 is 0 Å². The molecule has 2 unspecified atom stereocenters. The van der Waals surface area contributed by atoms with Crippen LogP contribution in [0.25, 0.3) is 0 Å². The number of carbonyl (C=O) groups is 1. The first-order chi connectivity index (χ1) is 23.1. The van der Waals surface area contributed by atoms with E-state index in [0.717, 1.165) is 32.1 Å². The van der Waals surface area contributed by atoms with Gasteiger partial charge in [-0.3, -0.25) is 13.8 Å². The van der Waals surface area contributed by atoms with Crippen molar-refractivity contribution >= 4 is 13.8 Å². The summed E-state index contributed by atoms with van der Waals surface area (Å²) in [5, 5.41) is 0. The lowest BCUT2D eigenvalue weighted by molar-refractivity contribution is -0.870. The van der Waals surface area contributed by atoms with Gasteiger partial charge in [0.1, 0.15) is 19.3 Å². The maximum absolute atomic E-state index is 12.6. The van der Waals surface area contributed by atoms with Crippen LogP contribution >= 0.6 is 7.82 Å². The highest BCUT2D eigenvalue weighted by Crippen LogP contribution is 2.43. The molecule has 0 aromatic rings. The lowest BCUT2D eigenvalue weighted by Gasteiger charge is -2.24. The number of phosphoric acid groups is 1. The molecule has 0 rings (SSSR count). The topological polar surface area (TPSA) is 91.3 Å². The fourth-order valence-corrected chi connectivity index (χ4v) is 6.47. The molecule has 0 spiro atoms. The predicted molar refractivity (Wildman–Crippen MR) is 201 cm³/mol. The van der Waals surface area contributed by atoms with Gasteiger partial charge in [-0.2, -0.15) is 0 Å². The molecule has 2 atom stereocenters. The van der Waals surface area contributed by atoms with Gasteiger partial charge in [-0.05, 0) is 12.8 Å². The van der Waals surface area contributed by atoms with Gasteiger partial charge in [-0.1, -0.05) is 168 Å². The van der Waals surface area contributed by atoms with Crippen molar-refractivity contribution in [3.63, 3.8) is 0 Å². The molecule has 1 N–H and O–H groups in total. The summed E-state index contributed by atoms with van der Waals surface area (Å²) >= 11 is 0. The molecule has 8 nitrogen and oxygen atoms in total. The molecule has 0 fully saturated rings. The van der Waals surface area contributed by atoms with Crippen molar-refractivity contribution in [2.24, 2.45) is 0 Å². The van der Waals surface area contributed by atoms with E-state index in [4.69, 9.17) is 18.5 Å². The summed E-state index contributed by atoms with van der Waals surface area (Å²) in [6.07, 6.45) is 32.7. The Kier molecular flexibility index (Phi) is 33.3. The minimum Gasteiger partial charge on any atom is -0.457 e. The van der Waals surface area contributed by atoms with Gasteiger partial charge >= 0.3 is 13.8 Å². The van der Waals surface area contributed by atoms with Crippen molar-refractivity contribution in [1.82, 2.24) is 0 Å². The van der Waals surface area contributed by atoms with Gasteiger partial charge in [-0.15, -0.1) is 0 Å². The molecule has 288 valence electrons. The summed E-state index contributed by atoms with van der Waals surface area (Å²) in [4.78, 5) is 22.7. The SMILES string of the molecule is CCCCCCCCCCCCCCCCCCCOCC(COP(=O)(O)OCC[N+](C)(C)C)OC(=O)CCCCCCCCCCC. The standard InChI is InChI=1S/C39H80NO7P/c1-6-8-10-12-14-16-17-18-19-20-21-22-23-25-27-29-31-34-44-36-38(37-46-48(42,43)45-35-33-40(3,4)5)47-39(41)32-30-28-26-24-15-13-11-9-7-2/h38H,6-37H2,1-5H3/p+1. The predicted octanol–water partition coefficient (Wildman–Crippen LogP) is 11.3. The molecule has 0 aromatic carbocycles. The van der Waals surface area contributed by atoms with Crippen LogP contribution in [0.4, 0.5) is 0 Å². The number of quaternary nitrogens is 1. The van der Waals surface area contributed by atoms with Crippen LogP contribution in [0.15, 0.2) is 0 Å². The van der Waals surface area contributed by atoms with Gasteiger partial charge in [0.2, 0.25) is 0 Å². The van der Waals surface area contributed by atoms with Crippen LogP contribution in [-0.4, -0.2) is 75.6 Å². The maximum atomic E-state index is 12.6. The van der Waals surface area contributed by atoms with Crippen molar-refractivity contribution in [2.45, 2.75) is 193 Å². The zero-order chi connectivity index (χ0) is 35.6. The Balaban J connectivity index is 4.15. The second kappa shape index (κ2) is 33.6. The number of hydrogen-bond donors (Lipinski definition) is 1. The molecule has 0 aliphatic rings. The van der Waals surface area contributed by atoms with E-state index < -0.39 is 13.9 Å². The number of ether oxygens (including phenoxy) is 2. The third-order valence-electron chi connectivity index (χ3n) is 8.92. The van der Waals surface area contributed by atoms with Gasteiger partial charge < -0.3 is 18.9 Å². The normalized spacial score (nSPS) is 13.9. The van der Waals surface area contributed by atoms with Crippen LogP contribution in [-0.2, 0) is 27.9 Å². The Labute approximate surface area is 298 Å². The van der Waals surface area contributed by atoms with E-state index in [1.807, 2.05) is 21.1 Å². The summed E-state index contributed by atoms with van der Waals surface area (Å²) in [6.45, 7) is 5.64. The van der Waals surface area contributed by atoms with Crippen LogP contribution in [0.5, 0.6) is 0 Å². The van der Waals surface area contributed by atoms with E-state index in [0.29, 0.717) is 24.1 Å². The summed E-state index contributed by atoms with van der Waals surface area (Å²) < 4.78 is 34.8. The van der Waals surface area contributed by atoms with Crippen molar-refractivity contribution in [3.8, 4) is 0 Å². The zero-order valence-electron chi connectivity index (χ0n) is 32.5. The minimum atomic E-state index is -4.26. The van der Waals surface area contributed by atoms with E-state index in [2.05, 4.69) is 13.8 Å². The molecule has 0 heterocycles. The molecule has 9 heteroatoms. The lowest BCUT2D eigenvalue weighted by Crippen LogP contribution is -2.37. The highest BCUT2D eigenvalue weighted by molar-refractivity contribution is 7.47. The Hall–Kier alpha value is -0.500. The molecule has 0 aliphatic heterocycles. The first-order valence-corrected chi connectivity index (χ1v) is 21.8. The Bertz CT molecular complexity index is 746. The third-order valence-corrected chi connectivity index (χ3v) is 9.90. The summed E-state index contributed by atoms with van der Waals surface area (Å²) in [5.41, 5.74) is 0. The average Bonchev–Trinajstić information content (AvgIpc) is 3.03. The number of rotatable bonds is 38. The van der Waals surface area contributed by atoms with Gasteiger partial charge in [0.25, 0.3) is 0 Å². The molecule has 0 bridgehead atoms. The first-order valence-electron chi connectivity index (χ1n) is 20.3. The van der Waals surface area contributed by atoms with Crippen LogP contribution in [0.3, 0.4) is 0 Å². The molecule has 48 heavy (non-hydrogen) atoms. The zero-order valence-corrected chi connectivity index (χ0v) is 33.4. The van der Waals surface area contributed by atoms with Crippen LogP contribution in [0.1, 0.15) is 187 Å². The van der Waals surface area contributed by atoms with E-state index in [-0.39, 0.29) is 25.8 Å². The Morgan fingerprint density at radius 2 is 0.958 bits per heavy atom. The van der Waals surface area contributed by atoms with E-state index in [1.165, 1.54) is 135 Å². The van der Waals surface area contributed by atoms with E-state index in [1.54, 1.807) is 0 Å². The smallest absolute Gasteiger partial charge is 0.457 e. The second-order valence-electron chi connectivity index (χ2n) is 15.0. The van der Waals surface area contributed by atoms with Crippen molar-refractivity contribution < 1.29 is 37.3 Å². The van der Waals surface area contributed by atoms with Gasteiger partial charge in [-0.25, -0.2) is 4.57 Å². The first kappa shape index (κ1) is 47.5. The van der Waals surface area contributed by atoms with Crippen molar-refractivity contribution in [1.29, 1.82) is 0 Å². The molecule has 0 amide bonds. The number of likely N-dealkylation sites (N-methyl/N-ethyl adjacent to an activating group) is 1. The fraction of sp³-hybridized carbons (Fsp3) is 0.974. The molecule has 0 aromatic heterocycles. The van der Waals surface area contributed by atoms with Crippen LogP contribution in [0, 0.1) is 0 Å². The molecule has 0 radical (unpaired) electrons. The quantitative estimate of drug-likeness (QED) is 0.0296. The molecular weight excluding hydrogens is 625 g/mol. The van der Waals surface area contributed by atoms with E-state index in [9.17, 15) is 14.3 Å². The highest BCUT2D eigenvalue weighted by atomic mass is 31.2. The molecule has 0 aliphatic carbocycles. The Morgan fingerprint density at radius 1 is 0.562 bits per heavy atom. The van der Waals surface area contributed by atoms with Gasteiger partial charge in [0, 0.05) is 13.0 Å². The number of carbonyl (C=O) groups excluding carboxylic acids is 1. The number of nitrogens with zero attached hydrogens (tertiary/aromatic N) is 1. The largest absolute Gasteiger partial charge is 0.472 e. The van der Waals surface area contributed by atoms with Gasteiger partial charge in [0.05, 0.1) is 34.4 Å². The number of unbranched alkanes of at least 4 members (excludes halogenated alkanes) is 24. The monoisotopic (exact) mass is 707 g/mol. The van der Waals surface area contributed by atoms with Crippen molar-refractivity contribution in [3.05, 3.63) is 0 Å². The summed E-state index contributed by atoms with van der Waals surface area (Å²) in [5.74, 6) is -0.313. The minimum absolute atomic E-state index is 0.0934. The maximum Gasteiger partial charge on any atom is 0.472 e. The lowest BCUT2D eigenvalue weighted by atomic mass is 10.0. The second-order valence-corrected chi connectivity index (χ2v) is 16.5. The van der Waals surface area contributed by atoms with Crippen LogP contribution < -0.4 is 0 Å². The van der Waals surface area contributed by atoms with Crippen molar-refractivity contribution in [2.75, 3.05) is 54.1 Å². The average molecular weight is 707 g/mol. The highest BCUT2D eigenvalue weighted by Gasteiger charge is 2.26. The summed E-state index contributed by atoms with van der Waals surface area (Å²) in [7, 11) is 1.68. The third kappa shape index (κ3) is 36.8. The molecule has 0 saturated heterocycles. The number of hydrogen-bond acceptors (Lipinski definition) is 6. The number of phosphoric ester groups is 1. The van der Waals surface area contributed by atoms with Crippen LogP contribution in [0.2, 0.25) is 0 Å². The Morgan fingerprint density at radius 3 is 1.38 bits per heavy atom. The summed E-state index contributed by atoms with van der Waals surface area (Å²) in [6, 6.07) is 0. The molecular formula is C39H81NO7P+. The molecule has 0 saturated carbocycles. The number of esters is 1. The fourth-order valence-electron chi connectivity index (χ4n) is 5.73.